The fraction of sp³-hybridized carbons (Fsp3) is 0.238. The van der Waals surface area contributed by atoms with Crippen molar-refractivity contribution in [2.24, 2.45) is 0 Å². The predicted molar refractivity (Wildman–Crippen MR) is 115 cm³/mol. The van der Waals surface area contributed by atoms with E-state index < -0.39 is 27.7 Å². The van der Waals surface area contributed by atoms with E-state index in [1.807, 2.05) is 0 Å². The Morgan fingerprint density at radius 1 is 1.12 bits per heavy atom. The van der Waals surface area contributed by atoms with E-state index in [9.17, 15) is 26.4 Å². The maximum absolute atomic E-state index is 13.1. The molecule has 1 amide bonds. The number of carbonyl (C=O) groups excluding carboxylic acids is 1. The zero-order chi connectivity index (χ0) is 24.6. The Balaban J connectivity index is 1.99. The molecule has 0 aliphatic rings. The summed E-state index contributed by atoms with van der Waals surface area (Å²) in [7, 11) is 0.0859. The summed E-state index contributed by atoms with van der Waals surface area (Å²) in [5.74, 6) is -0.504. The lowest BCUT2D eigenvalue weighted by Crippen LogP contribution is -2.23. The Bertz CT molecular complexity index is 1300. The van der Waals surface area contributed by atoms with Crippen molar-refractivity contribution >= 4 is 21.7 Å². The quantitative estimate of drug-likeness (QED) is 0.578. The number of nitrogens with zero attached hydrogens (tertiary/aromatic N) is 3. The standard InChI is InChI=1S/C21H21F3N4O4S/c1-13-10-19(28(26-13)16-7-5-6-15(12-16)21(22,23)24)25-20(29)14-8-9-17(32-4)18(11-14)33(30,31)27(2)3/h5-12H,1-4H3,(H,25,29). The van der Waals surface area contributed by atoms with Crippen LogP contribution >= 0.6 is 0 Å². The summed E-state index contributed by atoms with van der Waals surface area (Å²) in [6.07, 6.45) is -4.54. The molecule has 176 valence electrons. The normalized spacial score (nSPS) is 12.1. The van der Waals surface area contributed by atoms with Crippen LogP contribution in [-0.4, -0.2) is 49.6 Å². The number of methoxy groups -OCH3 is 1. The molecule has 0 aliphatic heterocycles. The van der Waals surface area contributed by atoms with Crippen molar-refractivity contribution in [3.63, 3.8) is 0 Å². The van der Waals surface area contributed by atoms with Gasteiger partial charge in [0, 0.05) is 25.7 Å². The number of rotatable bonds is 6. The molecule has 1 aromatic heterocycles. The molecule has 0 atom stereocenters. The Morgan fingerprint density at radius 3 is 2.42 bits per heavy atom. The van der Waals surface area contributed by atoms with Gasteiger partial charge >= 0.3 is 6.18 Å². The maximum atomic E-state index is 13.1. The van der Waals surface area contributed by atoms with Crippen LogP contribution in [0.3, 0.4) is 0 Å². The number of alkyl halides is 3. The number of halogens is 3. The smallest absolute Gasteiger partial charge is 0.416 e. The number of hydrogen-bond acceptors (Lipinski definition) is 5. The number of aryl methyl sites for hydroxylation is 1. The van der Waals surface area contributed by atoms with Crippen LogP contribution in [0.1, 0.15) is 21.6 Å². The minimum absolute atomic E-state index is 0.00525. The monoisotopic (exact) mass is 482 g/mol. The van der Waals surface area contributed by atoms with E-state index in [1.165, 1.54) is 62.3 Å². The Labute approximate surface area is 188 Å². The second-order valence-electron chi connectivity index (χ2n) is 7.24. The van der Waals surface area contributed by atoms with Gasteiger partial charge in [0.25, 0.3) is 5.91 Å². The number of ether oxygens (including phenoxy) is 1. The van der Waals surface area contributed by atoms with Crippen LogP contribution in [0.25, 0.3) is 5.69 Å². The van der Waals surface area contributed by atoms with E-state index in [1.54, 1.807) is 6.92 Å². The zero-order valence-electron chi connectivity index (χ0n) is 18.1. The van der Waals surface area contributed by atoms with Crippen molar-refractivity contribution in [3.8, 4) is 11.4 Å². The molecular weight excluding hydrogens is 461 g/mol. The summed E-state index contributed by atoms with van der Waals surface area (Å²) in [6, 6.07) is 9.89. The van der Waals surface area contributed by atoms with E-state index in [-0.39, 0.29) is 27.7 Å². The number of sulfonamides is 1. The van der Waals surface area contributed by atoms with Gasteiger partial charge in [0.15, 0.2) is 0 Å². The fourth-order valence-electron chi connectivity index (χ4n) is 3.00. The number of nitrogens with one attached hydrogen (secondary N) is 1. The second kappa shape index (κ2) is 8.87. The second-order valence-corrected chi connectivity index (χ2v) is 9.36. The largest absolute Gasteiger partial charge is 0.495 e. The summed E-state index contributed by atoms with van der Waals surface area (Å²) in [6.45, 7) is 1.62. The first kappa shape index (κ1) is 24.3. The highest BCUT2D eigenvalue weighted by Crippen LogP contribution is 2.31. The van der Waals surface area contributed by atoms with Gasteiger partial charge in [-0.05, 0) is 43.3 Å². The average Bonchev–Trinajstić information content (AvgIpc) is 3.12. The molecule has 0 fully saturated rings. The molecule has 33 heavy (non-hydrogen) atoms. The van der Waals surface area contributed by atoms with Gasteiger partial charge in [-0.25, -0.2) is 17.4 Å². The summed E-state index contributed by atoms with van der Waals surface area (Å²) in [4.78, 5) is 12.7. The van der Waals surface area contributed by atoms with Crippen LogP contribution in [0, 0.1) is 6.92 Å². The van der Waals surface area contributed by atoms with E-state index in [0.29, 0.717) is 5.69 Å². The van der Waals surface area contributed by atoms with Gasteiger partial charge < -0.3 is 10.1 Å². The summed E-state index contributed by atoms with van der Waals surface area (Å²) < 4.78 is 71.8. The molecule has 0 saturated heterocycles. The first-order valence-corrected chi connectivity index (χ1v) is 10.9. The van der Waals surface area contributed by atoms with Crippen LogP contribution in [0.15, 0.2) is 53.4 Å². The molecule has 0 saturated carbocycles. The van der Waals surface area contributed by atoms with E-state index in [4.69, 9.17) is 4.74 Å². The van der Waals surface area contributed by atoms with Crippen molar-refractivity contribution in [1.82, 2.24) is 14.1 Å². The van der Waals surface area contributed by atoms with Gasteiger partial charge in [0.1, 0.15) is 16.5 Å². The highest BCUT2D eigenvalue weighted by atomic mass is 32.2. The van der Waals surface area contributed by atoms with E-state index >= 15 is 0 Å². The number of anilines is 1. The first-order chi connectivity index (χ1) is 15.3. The third-order valence-corrected chi connectivity index (χ3v) is 6.51. The Hall–Kier alpha value is -3.38. The first-order valence-electron chi connectivity index (χ1n) is 9.51. The highest BCUT2D eigenvalue weighted by Gasteiger charge is 2.31. The zero-order valence-corrected chi connectivity index (χ0v) is 19.0. The van der Waals surface area contributed by atoms with Crippen molar-refractivity contribution in [2.45, 2.75) is 18.0 Å². The molecule has 8 nitrogen and oxygen atoms in total. The van der Waals surface area contributed by atoms with Crippen molar-refractivity contribution in [3.05, 3.63) is 65.4 Å². The lowest BCUT2D eigenvalue weighted by Gasteiger charge is -2.16. The highest BCUT2D eigenvalue weighted by molar-refractivity contribution is 7.89. The lowest BCUT2D eigenvalue weighted by atomic mass is 10.2. The fourth-order valence-corrected chi connectivity index (χ4v) is 4.08. The number of amides is 1. The summed E-state index contributed by atoms with van der Waals surface area (Å²) >= 11 is 0. The number of benzene rings is 2. The molecule has 0 radical (unpaired) electrons. The van der Waals surface area contributed by atoms with Gasteiger partial charge in [-0.1, -0.05) is 6.07 Å². The van der Waals surface area contributed by atoms with Crippen molar-refractivity contribution in [1.29, 1.82) is 0 Å². The van der Waals surface area contributed by atoms with E-state index in [0.717, 1.165) is 16.4 Å². The topological polar surface area (TPSA) is 93.5 Å². The molecule has 3 rings (SSSR count). The summed E-state index contributed by atoms with van der Waals surface area (Å²) in [5.41, 5.74) is -0.308. The van der Waals surface area contributed by atoms with Gasteiger partial charge in [0.05, 0.1) is 24.1 Å². The molecule has 12 heteroatoms. The molecule has 0 aliphatic carbocycles. The predicted octanol–water partition coefficient (Wildman–Crippen LogP) is 3.71. The van der Waals surface area contributed by atoms with Gasteiger partial charge in [-0.15, -0.1) is 0 Å². The molecular formula is C21H21F3N4O4S. The van der Waals surface area contributed by atoms with Crippen molar-refractivity contribution in [2.75, 3.05) is 26.5 Å². The molecule has 1 heterocycles. The average molecular weight is 482 g/mol. The van der Waals surface area contributed by atoms with Crippen LogP contribution < -0.4 is 10.1 Å². The Morgan fingerprint density at radius 2 is 1.82 bits per heavy atom. The minimum atomic E-state index is -4.54. The molecule has 0 unspecified atom stereocenters. The van der Waals surface area contributed by atoms with E-state index in [2.05, 4.69) is 10.4 Å². The molecule has 1 N–H and O–H groups in total. The summed E-state index contributed by atoms with van der Waals surface area (Å²) in [5, 5.41) is 6.75. The molecule has 0 bridgehead atoms. The lowest BCUT2D eigenvalue weighted by molar-refractivity contribution is -0.137. The van der Waals surface area contributed by atoms with Crippen LogP contribution in [0.5, 0.6) is 5.75 Å². The maximum Gasteiger partial charge on any atom is 0.416 e. The molecule has 3 aromatic rings. The number of carbonyl (C=O) groups is 1. The van der Waals surface area contributed by atoms with Crippen LogP contribution in [0.2, 0.25) is 0 Å². The third kappa shape index (κ3) is 5.01. The number of hydrogen-bond donors (Lipinski definition) is 1. The van der Waals surface area contributed by atoms with Crippen LogP contribution in [-0.2, 0) is 16.2 Å². The Kier molecular flexibility index (Phi) is 6.52. The van der Waals surface area contributed by atoms with Gasteiger partial charge in [-0.2, -0.15) is 18.3 Å². The van der Waals surface area contributed by atoms with Gasteiger partial charge in [-0.3, -0.25) is 4.79 Å². The molecule has 2 aromatic carbocycles. The SMILES string of the molecule is COc1ccc(C(=O)Nc2cc(C)nn2-c2cccc(C(F)(F)F)c2)cc1S(=O)(=O)N(C)C. The van der Waals surface area contributed by atoms with Crippen molar-refractivity contribution < 1.29 is 31.1 Å². The van der Waals surface area contributed by atoms with Gasteiger partial charge in [0.2, 0.25) is 10.0 Å². The number of aromatic nitrogens is 2. The minimum Gasteiger partial charge on any atom is -0.495 e. The third-order valence-electron chi connectivity index (χ3n) is 4.68. The molecule has 0 spiro atoms. The van der Waals surface area contributed by atoms with Crippen LogP contribution in [0.4, 0.5) is 19.0 Å².